The Morgan fingerprint density at radius 2 is 1.84 bits per heavy atom. The van der Waals surface area contributed by atoms with Crippen LogP contribution in [0.25, 0.3) is 17.0 Å². The normalized spacial score (nSPS) is 17.4. The van der Waals surface area contributed by atoms with Crippen molar-refractivity contribution in [3.05, 3.63) is 64.4 Å². The highest BCUT2D eigenvalue weighted by Gasteiger charge is 2.32. The standard InChI is InChI=1S/C28H29BrN4O3S/c1-2-36-22-10-8-21(9-11-22)33-27(35)24(30-28(33)37)15-19-17-32(25-12-7-20(29)16-23(19)25)18-26(34)31-13-5-3-4-6-14-31/h7-12,15-17H,2-6,13-14,18H2,1H3,(H,30,37)/b24-15-. The van der Waals surface area contributed by atoms with Crippen molar-refractivity contribution < 1.29 is 14.3 Å². The van der Waals surface area contributed by atoms with Gasteiger partial charge >= 0.3 is 0 Å². The third-order valence-corrected chi connectivity index (χ3v) is 7.50. The van der Waals surface area contributed by atoms with E-state index >= 15 is 0 Å². The van der Waals surface area contributed by atoms with E-state index in [2.05, 4.69) is 21.2 Å². The summed E-state index contributed by atoms with van der Waals surface area (Å²) in [6.45, 7) is 4.39. The molecule has 2 saturated heterocycles. The minimum Gasteiger partial charge on any atom is -0.494 e. The number of ether oxygens (including phenoxy) is 1. The lowest BCUT2D eigenvalue weighted by atomic mass is 10.1. The molecule has 9 heteroatoms. The van der Waals surface area contributed by atoms with Gasteiger partial charge in [-0.1, -0.05) is 28.8 Å². The van der Waals surface area contributed by atoms with Crippen LogP contribution in [0.5, 0.6) is 5.75 Å². The lowest BCUT2D eigenvalue weighted by Crippen LogP contribution is -2.34. The van der Waals surface area contributed by atoms with Gasteiger partial charge in [0.15, 0.2) is 5.11 Å². The number of anilines is 1. The van der Waals surface area contributed by atoms with Gasteiger partial charge in [-0.25, -0.2) is 0 Å². The summed E-state index contributed by atoms with van der Waals surface area (Å²) in [5, 5.41) is 4.34. The highest BCUT2D eigenvalue weighted by atomic mass is 79.9. The summed E-state index contributed by atoms with van der Waals surface area (Å²) >= 11 is 9.06. The van der Waals surface area contributed by atoms with E-state index in [9.17, 15) is 9.59 Å². The number of thiocarbonyl (C=S) groups is 1. The molecule has 7 nitrogen and oxygen atoms in total. The molecule has 2 fully saturated rings. The maximum Gasteiger partial charge on any atom is 0.281 e. The van der Waals surface area contributed by atoms with Gasteiger partial charge in [-0.2, -0.15) is 0 Å². The topological polar surface area (TPSA) is 66.8 Å². The molecule has 1 aromatic heterocycles. The van der Waals surface area contributed by atoms with E-state index in [1.54, 1.807) is 0 Å². The fourth-order valence-electron chi connectivity index (χ4n) is 4.89. The SMILES string of the molecule is CCOc1ccc(N2C(=O)/C(=C/c3cn(CC(=O)N4CCCCCC4)c4ccc(Br)cc34)NC2=S)cc1. The van der Waals surface area contributed by atoms with Gasteiger partial charge in [-0.15, -0.1) is 0 Å². The Kier molecular flexibility index (Phi) is 7.62. The van der Waals surface area contributed by atoms with Gasteiger partial charge in [0, 0.05) is 40.2 Å². The van der Waals surface area contributed by atoms with Crippen molar-refractivity contribution in [1.82, 2.24) is 14.8 Å². The summed E-state index contributed by atoms with van der Waals surface area (Å²) < 4.78 is 8.41. The van der Waals surface area contributed by atoms with Crippen molar-refractivity contribution in [2.45, 2.75) is 39.2 Å². The molecule has 0 radical (unpaired) electrons. The molecule has 5 rings (SSSR count). The molecule has 0 spiro atoms. The molecule has 2 aliphatic heterocycles. The molecule has 0 saturated carbocycles. The Hall–Kier alpha value is -3.17. The Labute approximate surface area is 230 Å². The summed E-state index contributed by atoms with van der Waals surface area (Å²) in [6, 6.07) is 13.3. The van der Waals surface area contributed by atoms with Crippen LogP contribution in [0.2, 0.25) is 0 Å². The predicted octanol–water partition coefficient (Wildman–Crippen LogP) is 5.47. The number of nitrogens with one attached hydrogen (secondary N) is 1. The first kappa shape index (κ1) is 25.5. The van der Waals surface area contributed by atoms with Gasteiger partial charge in [0.1, 0.15) is 18.0 Å². The van der Waals surface area contributed by atoms with Crippen molar-refractivity contribution in [2.75, 3.05) is 24.6 Å². The average Bonchev–Trinajstić information content (AvgIpc) is 3.19. The van der Waals surface area contributed by atoms with Gasteiger partial charge in [0.25, 0.3) is 5.91 Å². The van der Waals surface area contributed by atoms with Gasteiger partial charge in [-0.05, 0) is 80.5 Å². The molecule has 0 bridgehead atoms. The molecular weight excluding hydrogens is 552 g/mol. The minimum absolute atomic E-state index is 0.124. The fourth-order valence-corrected chi connectivity index (χ4v) is 5.55. The molecule has 2 amide bonds. The average molecular weight is 582 g/mol. The van der Waals surface area contributed by atoms with Crippen LogP contribution in [0.1, 0.15) is 38.2 Å². The van der Waals surface area contributed by atoms with Crippen LogP contribution in [0.15, 0.2) is 58.8 Å². The van der Waals surface area contributed by atoms with Crippen LogP contribution >= 0.6 is 28.1 Å². The Morgan fingerprint density at radius 1 is 1.11 bits per heavy atom. The maximum absolute atomic E-state index is 13.4. The van der Waals surface area contributed by atoms with Crippen molar-refractivity contribution in [1.29, 1.82) is 0 Å². The number of nitrogens with zero attached hydrogens (tertiary/aromatic N) is 3. The zero-order valence-electron chi connectivity index (χ0n) is 20.7. The fraction of sp³-hybridized carbons (Fsp3) is 0.321. The Bertz CT molecular complexity index is 1370. The lowest BCUT2D eigenvalue weighted by Gasteiger charge is -2.20. The van der Waals surface area contributed by atoms with Crippen molar-refractivity contribution in [3.63, 3.8) is 0 Å². The van der Waals surface area contributed by atoms with Gasteiger partial charge in [-0.3, -0.25) is 14.5 Å². The van der Waals surface area contributed by atoms with Crippen LogP contribution in [0.4, 0.5) is 5.69 Å². The Balaban J connectivity index is 1.44. The zero-order chi connectivity index (χ0) is 25.9. The van der Waals surface area contributed by atoms with E-state index in [4.69, 9.17) is 17.0 Å². The molecule has 0 atom stereocenters. The van der Waals surface area contributed by atoms with Crippen LogP contribution in [0, 0.1) is 0 Å². The van der Waals surface area contributed by atoms with Crippen LogP contribution in [-0.4, -0.2) is 46.1 Å². The monoisotopic (exact) mass is 580 g/mol. The van der Waals surface area contributed by atoms with E-state index in [1.807, 2.05) is 71.1 Å². The number of hydrogen-bond acceptors (Lipinski definition) is 4. The third kappa shape index (κ3) is 5.43. The first-order valence-corrected chi connectivity index (χ1v) is 13.8. The molecule has 37 heavy (non-hydrogen) atoms. The summed E-state index contributed by atoms with van der Waals surface area (Å²) in [6.07, 6.45) is 8.22. The molecule has 0 aliphatic carbocycles. The lowest BCUT2D eigenvalue weighted by molar-refractivity contribution is -0.131. The second-order valence-corrected chi connectivity index (χ2v) is 10.5. The number of carbonyl (C=O) groups is 2. The molecular formula is C28H29BrN4O3S. The number of carbonyl (C=O) groups excluding carboxylic acids is 2. The predicted molar refractivity (Wildman–Crippen MR) is 153 cm³/mol. The van der Waals surface area contributed by atoms with Crippen molar-refractivity contribution >= 4 is 67.7 Å². The smallest absolute Gasteiger partial charge is 0.281 e. The second kappa shape index (κ2) is 11.1. The number of aromatic nitrogens is 1. The highest BCUT2D eigenvalue weighted by Crippen LogP contribution is 2.30. The summed E-state index contributed by atoms with van der Waals surface area (Å²) in [5.74, 6) is 0.630. The van der Waals surface area contributed by atoms with Crippen LogP contribution < -0.4 is 15.0 Å². The number of hydrogen-bond donors (Lipinski definition) is 1. The molecule has 3 aromatic rings. The molecule has 0 unspecified atom stereocenters. The van der Waals surface area contributed by atoms with Gasteiger partial charge < -0.3 is 19.5 Å². The largest absolute Gasteiger partial charge is 0.494 e. The quantitative estimate of drug-likeness (QED) is 0.309. The number of halogens is 1. The first-order chi connectivity index (χ1) is 17.9. The van der Waals surface area contributed by atoms with E-state index in [-0.39, 0.29) is 18.4 Å². The number of likely N-dealkylation sites (tertiary alicyclic amines) is 1. The molecule has 1 N–H and O–H groups in total. The van der Waals surface area contributed by atoms with Gasteiger partial charge in [0.2, 0.25) is 5.91 Å². The summed E-state index contributed by atoms with van der Waals surface area (Å²) in [5.41, 5.74) is 2.83. The zero-order valence-corrected chi connectivity index (χ0v) is 23.1. The van der Waals surface area contributed by atoms with Crippen LogP contribution in [-0.2, 0) is 16.1 Å². The Morgan fingerprint density at radius 3 is 2.54 bits per heavy atom. The van der Waals surface area contributed by atoms with Crippen LogP contribution in [0.3, 0.4) is 0 Å². The highest BCUT2D eigenvalue weighted by molar-refractivity contribution is 9.10. The van der Waals surface area contributed by atoms with Crippen molar-refractivity contribution in [3.8, 4) is 5.75 Å². The summed E-state index contributed by atoms with van der Waals surface area (Å²) in [7, 11) is 0. The number of benzene rings is 2. The van der Waals surface area contributed by atoms with E-state index in [0.29, 0.717) is 23.1 Å². The van der Waals surface area contributed by atoms with E-state index in [1.165, 1.54) is 17.7 Å². The number of fused-ring (bicyclic) bond motifs is 1. The van der Waals surface area contributed by atoms with E-state index in [0.717, 1.165) is 52.6 Å². The number of rotatable bonds is 6. The van der Waals surface area contributed by atoms with Crippen molar-refractivity contribution in [2.24, 2.45) is 0 Å². The van der Waals surface area contributed by atoms with Gasteiger partial charge in [0.05, 0.1) is 12.3 Å². The molecule has 3 heterocycles. The molecule has 2 aromatic carbocycles. The third-order valence-electron chi connectivity index (χ3n) is 6.72. The minimum atomic E-state index is -0.231. The van der Waals surface area contributed by atoms with E-state index < -0.39 is 0 Å². The summed E-state index contributed by atoms with van der Waals surface area (Å²) in [4.78, 5) is 29.9. The maximum atomic E-state index is 13.4. The first-order valence-electron chi connectivity index (χ1n) is 12.6. The molecule has 2 aliphatic rings. The molecule has 192 valence electrons. The second-order valence-electron chi connectivity index (χ2n) is 9.22. The number of amides is 2.